The van der Waals surface area contributed by atoms with E-state index in [1.807, 2.05) is 19.9 Å². The quantitative estimate of drug-likeness (QED) is 0.664. The highest BCUT2D eigenvalue weighted by Crippen LogP contribution is 2.24. The van der Waals surface area contributed by atoms with Crippen molar-refractivity contribution in [1.29, 1.82) is 0 Å². The molecule has 6 heteroatoms. The van der Waals surface area contributed by atoms with Crippen LogP contribution < -0.4 is 11.3 Å². The predicted molar refractivity (Wildman–Crippen MR) is 79.4 cm³/mol. The Morgan fingerprint density at radius 1 is 1.30 bits per heavy atom. The molecule has 0 aliphatic carbocycles. The van der Waals surface area contributed by atoms with Crippen LogP contribution in [0.3, 0.4) is 0 Å². The molecule has 0 radical (unpaired) electrons. The fourth-order valence-electron chi connectivity index (χ4n) is 2.10. The molecule has 2 aromatic rings. The van der Waals surface area contributed by atoms with Crippen LogP contribution in [0.2, 0.25) is 0 Å². The van der Waals surface area contributed by atoms with Gasteiger partial charge in [-0.2, -0.15) is 10.2 Å². The van der Waals surface area contributed by atoms with Crippen molar-refractivity contribution in [1.82, 2.24) is 15.6 Å². The summed E-state index contributed by atoms with van der Waals surface area (Å²) in [6, 6.07) is 6.58. The van der Waals surface area contributed by atoms with Gasteiger partial charge in [0.2, 0.25) is 0 Å². The minimum atomic E-state index is -0.246. The van der Waals surface area contributed by atoms with Crippen molar-refractivity contribution in [2.45, 2.75) is 26.3 Å². The number of rotatable bonds is 4. The highest BCUT2D eigenvalue weighted by atomic mass is 79.9. The van der Waals surface area contributed by atoms with Crippen LogP contribution in [0.5, 0.6) is 0 Å². The molecule has 0 bridgehead atoms. The van der Waals surface area contributed by atoms with Gasteiger partial charge in [-0.05, 0) is 55.7 Å². The van der Waals surface area contributed by atoms with E-state index in [-0.39, 0.29) is 11.9 Å². The Labute approximate surface area is 125 Å². The number of nitrogens with two attached hydrogens (primary N) is 1. The molecular weight excluding hydrogens is 323 g/mol. The predicted octanol–water partition coefficient (Wildman–Crippen LogP) is 2.74. The van der Waals surface area contributed by atoms with Crippen molar-refractivity contribution in [2.24, 2.45) is 5.84 Å². The molecule has 1 aromatic carbocycles. The molecule has 4 nitrogen and oxygen atoms in total. The first-order chi connectivity index (χ1) is 9.51. The third-order valence-corrected chi connectivity index (χ3v) is 3.64. The molecule has 0 saturated carbocycles. The van der Waals surface area contributed by atoms with E-state index in [0.717, 1.165) is 21.4 Å². The van der Waals surface area contributed by atoms with Gasteiger partial charge in [0.25, 0.3) is 0 Å². The summed E-state index contributed by atoms with van der Waals surface area (Å²) >= 11 is 3.35. The SMILES string of the molecule is Cc1cc(C(Cc2cc(Br)ccc2F)NN)c(C)nn1. The van der Waals surface area contributed by atoms with Crippen LogP contribution in [0.4, 0.5) is 4.39 Å². The average Bonchev–Trinajstić information content (AvgIpc) is 2.42. The van der Waals surface area contributed by atoms with E-state index in [1.54, 1.807) is 12.1 Å². The maximum absolute atomic E-state index is 13.8. The first-order valence-electron chi connectivity index (χ1n) is 6.22. The van der Waals surface area contributed by atoms with E-state index < -0.39 is 0 Å². The number of halogens is 2. The smallest absolute Gasteiger partial charge is 0.126 e. The fourth-order valence-corrected chi connectivity index (χ4v) is 2.51. The Hall–Kier alpha value is -1.37. The standard InChI is InChI=1S/C14H16BrFN4/c1-8-5-12(9(2)20-19-8)14(18-17)7-10-6-11(15)3-4-13(10)16/h3-6,14,18H,7,17H2,1-2H3. The molecule has 0 aliphatic heterocycles. The molecule has 0 amide bonds. The number of hydrogen-bond acceptors (Lipinski definition) is 4. The van der Waals surface area contributed by atoms with Crippen LogP contribution in [0, 0.1) is 19.7 Å². The maximum atomic E-state index is 13.8. The maximum Gasteiger partial charge on any atom is 0.126 e. The Morgan fingerprint density at radius 2 is 2.05 bits per heavy atom. The number of hydrogen-bond donors (Lipinski definition) is 2. The van der Waals surface area contributed by atoms with Crippen molar-refractivity contribution in [3.05, 3.63) is 57.1 Å². The molecular formula is C14H16BrFN4. The summed E-state index contributed by atoms with van der Waals surface area (Å²) in [6.45, 7) is 3.73. The van der Waals surface area contributed by atoms with E-state index in [4.69, 9.17) is 5.84 Å². The lowest BCUT2D eigenvalue weighted by Gasteiger charge is -2.18. The van der Waals surface area contributed by atoms with Gasteiger partial charge in [0.1, 0.15) is 5.82 Å². The van der Waals surface area contributed by atoms with Crippen LogP contribution in [0.15, 0.2) is 28.7 Å². The fraction of sp³-hybridized carbons (Fsp3) is 0.286. The van der Waals surface area contributed by atoms with Gasteiger partial charge in [-0.1, -0.05) is 15.9 Å². The third kappa shape index (κ3) is 3.39. The van der Waals surface area contributed by atoms with Gasteiger partial charge in [-0.3, -0.25) is 11.3 Å². The van der Waals surface area contributed by atoms with Crippen LogP contribution in [0.1, 0.15) is 28.6 Å². The number of benzene rings is 1. The minimum absolute atomic E-state index is 0.215. The van der Waals surface area contributed by atoms with Gasteiger partial charge >= 0.3 is 0 Å². The van der Waals surface area contributed by atoms with Crippen LogP contribution >= 0.6 is 15.9 Å². The van der Waals surface area contributed by atoms with Crippen molar-refractivity contribution >= 4 is 15.9 Å². The Balaban J connectivity index is 2.33. The molecule has 1 atom stereocenters. The summed E-state index contributed by atoms with van der Waals surface area (Å²) < 4.78 is 14.7. The highest BCUT2D eigenvalue weighted by molar-refractivity contribution is 9.10. The summed E-state index contributed by atoms with van der Waals surface area (Å²) in [4.78, 5) is 0. The second-order valence-corrected chi connectivity index (χ2v) is 5.60. The summed E-state index contributed by atoms with van der Waals surface area (Å²) in [5.74, 6) is 5.38. The van der Waals surface area contributed by atoms with Gasteiger partial charge in [-0.25, -0.2) is 4.39 Å². The van der Waals surface area contributed by atoms with Crippen LogP contribution in [-0.2, 0) is 6.42 Å². The lowest BCUT2D eigenvalue weighted by molar-refractivity contribution is 0.523. The normalized spacial score (nSPS) is 12.4. The number of aromatic nitrogens is 2. The van der Waals surface area contributed by atoms with E-state index in [1.165, 1.54) is 6.07 Å². The van der Waals surface area contributed by atoms with Crippen molar-refractivity contribution in [3.63, 3.8) is 0 Å². The molecule has 3 N–H and O–H groups in total. The number of nitrogens with one attached hydrogen (secondary N) is 1. The van der Waals surface area contributed by atoms with Gasteiger partial charge in [-0.15, -0.1) is 0 Å². The molecule has 0 spiro atoms. The van der Waals surface area contributed by atoms with Crippen molar-refractivity contribution in [3.8, 4) is 0 Å². The van der Waals surface area contributed by atoms with Crippen molar-refractivity contribution in [2.75, 3.05) is 0 Å². The zero-order valence-electron chi connectivity index (χ0n) is 11.3. The summed E-state index contributed by atoms with van der Waals surface area (Å²) in [6.07, 6.45) is 0.438. The first kappa shape index (κ1) is 15.0. The Bertz CT molecular complexity index is 618. The lowest BCUT2D eigenvalue weighted by atomic mass is 9.98. The van der Waals surface area contributed by atoms with Crippen molar-refractivity contribution < 1.29 is 4.39 Å². The van der Waals surface area contributed by atoms with E-state index in [2.05, 4.69) is 31.6 Å². The molecule has 1 unspecified atom stereocenters. The van der Waals surface area contributed by atoms with E-state index in [0.29, 0.717) is 12.0 Å². The molecule has 0 aliphatic rings. The number of aryl methyl sites for hydroxylation is 2. The van der Waals surface area contributed by atoms with Crippen LogP contribution in [-0.4, -0.2) is 10.2 Å². The first-order valence-corrected chi connectivity index (χ1v) is 7.01. The summed E-state index contributed by atoms with van der Waals surface area (Å²) in [7, 11) is 0. The zero-order chi connectivity index (χ0) is 14.7. The molecule has 1 heterocycles. The lowest BCUT2D eigenvalue weighted by Crippen LogP contribution is -2.30. The number of hydrazine groups is 1. The molecule has 2 rings (SSSR count). The molecule has 106 valence electrons. The van der Waals surface area contributed by atoms with E-state index >= 15 is 0 Å². The highest BCUT2D eigenvalue weighted by Gasteiger charge is 2.17. The van der Waals surface area contributed by atoms with Gasteiger partial charge in [0.15, 0.2) is 0 Å². The second kappa shape index (κ2) is 6.39. The molecule has 0 fully saturated rings. The minimum Gasteiger partial charge on any atom is -0.271 e. The summed E-state index contributed by atoms with van der Waals surface area (Å²) in [5, 5.41) is 8.08. The van der Waals surface area contributed by atoms with E-state index in [9.17, 15) is 4.39 Å². The molecule has 0 saturated heterocycles. The molecule has 1 aromatic heterocycles. The van der Waals surface area contributed by atoms with Gasteiger partial charge < -0.3 is 0 Å². The Kier molecular flexibility index (Phi) is 4.80. The zero-order valence-corrected chi connectivity index (χ0v) is 12.9. The largest absolute Gasteiger partial charge is 0.271 e. The van der Waals surface area contributed by atoms with Gasteiger partial charge in [0.05, 0.1) is 17.4 Å². The number of nitrogens with zero attached hydrogens (tertiary/aromatic N) is 2. The van der Waals surface area contributed by atoms with Gasteiger partial charge in [0, 0.05) is 4.47 Å². The second-order valence-electron chi connectivity index (χ2n) is 4.69. The molecule has 20 heavy (non-hydrogen) atoms. The summed E-state index contributed by atoms with van der Waals surface area (Å²) in [5.41, 5.74) is 5.85. The third-order valence-electron chi connectivity index (χ3n) is 3.15. The topological polar surface area (TPSA) is 63.8 Å². The average molecular weight is 339 g/mol. The van der Waals surface area contributed by atoms with Crippen LogP contribution in [0.25, 0.3) is 0 Å². The monoisotopic (exact) mass is 338 g/mol. The Morgan fingerprint density at radius 3 is 2.75 bits per heavy atom.